The van der Waals surface area contributed by atoms with Gasteiger partial charge in [-0.15, -0.1) is 0 Å². The molecule has 1 aromatic carbocycles. The largest absolute Gasteiger partial charge is 0.355 e. The summed E-state index contributed by atoms with van der Waals surface area (Å²) in [4.78, 5) is 11.8. The van der Waals surface area contributed by atoms with Gasteiger partial charge in [0.1, 0.15) is 0 Å². The Morgan fingerprint density at radius 1 is 1.26 bits per heavy atom. The minimum atomic E-state index is -3.48. The Morgan fingerprint density at radius 3 is 2.47 bits per heavy atom. The van der Waals surface area contributed by atoms with Crippen LogP contribution in [0.2, 0.25) is 0 Å². The average molecular weight is 282 g/mol. The first-order valence-electron chi connectivity index (χ1n) is 6.29. The van der Waals surface area contributed by atoms with E-state index in [0.29, 0.717) is 24.2 Å². The maximum absolute atomic E-state index is 12.5. The Bertz CT molecular complexity index is 590. The van der Waals surface area contributed by atoms with Crippen LogP contribution in [0, 0.1) is 6.92 Å². The fourth-order valence-electron chi connectivity index (χ4n) is 2.23. The number of nitrogens with one attached hydrogen (secondary N) is 1. The Labute approximate surface area is 113 Å². The summed E-state index contributed by atoms with van der Waals surface area (Å²) in [6.45, 7) is 2.87. The van der Waals surface area contributed by atoms with Crippen molar-refractivity contribution in [3.05, 3.63) is 29.3 Å². The van der Waals surface area contributed by atoms with Crippen molar-refractivity contribution in [2.45, 2.75) is 24.7 Å². The zero-order valence-corrected chi connectivity index (χ0v) is 12.0. The van der Waals surface area contributed by atoms with Crippen LogP contribution in [0.4, 0.5) is 0 Å². The Kier molecular flexibility index (Phi) is 3.91. The van der Waals surface area contributed by atoms with E-state index in [4.69, 9.17) is 0 Å². The maximum Gasteiger partial charge on any atom is 0.251 e. The summed E-state index contributed by atoms with van der Waals surface area (Å²) < 4.78 is 26.5. The van der Waals surface area contributed by atoms with Crippen LogP contribution in [0.3, 0.4) is 0 Å². The van der Waals surface area contributed by atoms with E-state index in [1.807, 2.05) is 0 Å². The van der Waals surface area contributed by atoms with E-state index in [0.717, 1.165) is 12.8 Å². The van der Waals surface area contributed by atoms with Crippen molar-refractivity contribution in [1.29, 1.82) is 0 Å². The van der Waals surface area contributed by atoms with Crippen LogP contribution in [-0.4, -0.2) is 38.8 Å². The lowest BCUT2D eigenvalue weighted by Crippen LogP contribution is -2.29. The SMILES string of the molecule is CNC(=O)c1ccc(C)c(S(=O)(=O)N2CCCC2)c1. The summed E-state index contributed by atoms with van der Waals surface area (Å²) in [6.07, 6.45) is 1.79. The molecule has 0 saturated carbocycles. The van der Waals surface area contributed by atoms with Crippen LogP contribution in [0.25, 0.3) is 0 Å². The van der Waals surface area contributed by atoms with Crippen molar-refractivity contribution in [2.24, 2.45) is 0 Å². The molecule has 104 valence electrons. The number of rotatable bonds is 3. The fourth-order valence-corrected chi connectivity index (χ4v) is 4.00. The molecule has 0 unspecified atom stereocenters. The maximum atomic E-state index is 12.5. The normalized spacial score (nSPS) is 16.5. The molecule has 2 rings (SSSR count). The number of hydrogen-bond donors (Lipinski definition) is 1. The smallest absolute Gasteiger partial charge is 0.251 e. The minimum absolute atomic E-state index is 0.232. The number of sulfonamides is 1. The predicted octanol–water partition coefficient (Wildman–Crippen LogP) is 1.14. The molecular weight excluding hydrogens is 264 g/mol. The molecule has 0 atom stereocenters. The van der Waals surface area contributed by atoms with E-state index in [2.05, 4.69) is 5.32 Å². The van der Waals surface area contributed by atoms with Crippen molar-refractivity contribution in [1.82, 2.24) is 9.62 Å². The first kappa shape index (κ1) is 14.0. The summed E-state index contributed by atoms with van der Waals surface area (Å²) in [5.74, 6) is -0.280. The molecular formula is C13H18N2O3S. The third-order valence-electron chi connectivity index (χ3n) is 3.36. The highest BCUT2D eigenvalue weighted by Gasteiger charge is 2.28. The van der Waals surface area contributed by atoms with E-state index in [-0.39, 0.29) is 10.8 Å². The zero-order valence-electron chi connectivity index (χ0n) is 11.1. The average Bonchev–Trinajstić information content (AvgIpc) is 2.92. The van der Waals surface area contributed by atoms with E-state index >= 15 is 0 Å². The van der Waals surface area contributed by atoms with Crippen LogP contribution >= 0.6 is 0 Å². The Hall–Kier alpha value is -1.40. The number of amides is 1. The number of aryl methyl sites for hydroxylation is 1. The molecule has 1 aliphatic heterocycles. The molecule has 0 aromatic heterocycles. The predicted molar refractivity (Wildman–Crippen MR) is 72.6 cm³/mol. The van der Waals surface area contributed by atoms with Gasteiger partial charge in [0.2, 0.25) is 10.0 Å². The molecule has 19 heavy (non-hydrogen) atoms. The second kappa shape index (κ2) is 5.30. The fraction of sp³-hybridized carbons (Fsp3) is 0.462. The number of benzene rings is 1. The molecule has 0 bridgehead atoms. The molecule has 0 radical (unpaired) electrons. The molecule has 1 N–H and O–H groups in total. The third-order valence-corrected chi connectivity index (χ3v) is 5.40. The summed E-state index contributed by atoms with van der Waals surface area (Å²) in [7, 11) is -1.96. The van der Waals surface area contributed by atoms with E-state index in [9.17, 15) is 13.2 Å². The van der Waals surface area contributed by atoms with Gasteiger partial charge in [-0.2, -0.15) is 4.31 Å². The lowest BCUT2D eigenvalue weighted by atomic mass is 10.1. The first-order valence-corrected chi connectivity index (χ1v) is 7.73. The highest BCUT2D eigenvalue weighted by atomic mass is 32.2. The van der Waals surface area contributed by atoms with Gasteiger partial charge < -0.3 is 5.32 Å². The Morgan fingerprint density at radius 2 is 1.89 bits per heavy atom. The molecule has 1 aromatic rings. The van der Waals surface area contributed by atoms with Crippen molar-refractivity contribution < 1.29 is 13.2 Å². The van der Waals surface area contributed by atoms with Gasteiger partial charge in [0.05, 0.1) is 4.90 Å². The van der Waals surface area contributed by atoms with Crippen LogP contribution in [0.15, 0.2) is 23.1 Å². The highest BCUT2D eigenvalue weighted by Crippen LogP contribution is 2.24. The molecule has 5 nitrogen and oxygen atoms in total. The summed E-state index contributed by atoms with van der Waals surface area (Å²) in [6, 6.07) is 4.77. The molecule has 1 aliphatic rings. The van der Waals surface area contributed by atoms with Crippen LogP contribution in [0.5, 0.6) is 0 Å². The van der Waals surface area contributed by atoms with E-state index in [1.54, 1.807) is 19.1 Å². The zero-order chi connectivity index (χ0) is 14.0. The lowest BCUT2D eigenvalue weighted by molar-refractivity contribution is 0.0963. The quantitative estimate of drug-likeness (QED) is 0.904. The van der Waals surface area contributed by atoms with Crippen LogP contribution < -0.4 is 5.32 Å². The number of nitrogens with zero attached hydrogens (tertiary/aromatic N) is 1. The van der Waals surface area contributed by atoms with Gasteiger partial charge >= 0.3 is 0 Å². The van der Waals surface area contributed by atoms with Gasteiger partial charge in [-0.1, -0.05) is 6.07 Å². The molecule has 0 spiro atoms. The second-order valence-electron chi connectivity index (χ2n) is 4.67. The third kappa shape index (κ3) is 2.64. The van der Waals surface area contributed by atoms with Crippen molar-refractivity contribution in [2.75, 3.05) is 20.1 Å². The lowest BCUT2D eigenvalue weighted by Gasteiger charge is -2.17. The van der Waals surface area contributed by atoms with Gasteiger partial charge in [0.25, 0.3) is 5.91 Å². The van der Waals surface area contributed by atoms with Gasteiger partial charge in [-0.25, -0.2) is 8.42 Å². The monoisotopic (exact) mass is 282 g/mol. The Balaban J connectivity index is 2.46. The number of hydrogen-bond acceptors (Lipinski definition) is 3. The summed E-state index contributed by atoms with van der Waals surface area (Å²) in [5.41, 5.74) is 1.03. The van der Waals surface area contributed by atoms with Crippen LogP contribution in [-0.2, 0) is 10.0 Å². The topological polar surface area (TPSA) is 66.5 Å². The molecule has 1 fully saturated rings. The number of carbonyl (C=O) groups excluding carboxylic acids is 1. The van der Waals surface area contributed by atoms with Crippen LogP contribution in [0.1, 0.15) is 28.8 Å². The van der Waals surface area contributed by atoms with Gasteiger partial charge in [-0.05, 0) is 37.5 Å². The molecule has 1 amide bonds. The van der Waals surface area contributed by atoms with Gasteiger partial charge in [-0.3, -0.25) is 4.79 Å². The number of carbonyl (C=O) groups is 1. The molecule has 0 aliphatic carbocycles. The first-order chi connectivity index (χ1) is 8.96. The van der Waals surface area contributed by atoms with Crippen molar-refractivity contribution in [3.8, 4) is 0 Å². The van der Waals surface area contributed by atoms with Crippen molar-refractivity contribution in [3.63, 3.8) is 0 Å². The second-order valence-corrected chi connectivity index (χ2v) is 6.58. The van der Waals surface area contributed by atoms with Crippen molar-refractivity contribution >= 4 is 15.9 Å². The van der Waals surface area contributed by atoms with Gasteiger partial charge in [0, 0.05) is 25.7 Å². The van der Waals surface area contributed by atoms with E-state index < -0.39 is 10.0 Å². The molecule has 1 saturated heterocycles. The molecule has 1 heterocycles. The van der Waals surface area contributed by atoms with Gasteiger partial charge in [0.15, 0.2) is 0 Å². The highest BCUT2D eigenvalue weighted by molar-refractivity contribution is 7.89. The summed E-state index contributed by atoms with van der Waals surface area (Å²) >= 11 is 0. The standard InChI is InChI=1S/C13H18N2O3S/c1-10-5-6-11(13(16)14-2)9-12(10)19(17,18)15-7-3-4-8-15/h5-6,9H,3-4,7-8H2,1-2H3,(H,14,16). The summed E-state index contributed by atoms with van der Waals surface area (Å²) in [5, 5.41) is 2.50. The molecule has 6 heteroatoms. The van der Waals surface area contributed by atoms with E-state index in [1.165, 1.54) is 17.4 Å². The minimum Gasteiger partial charge on any atom is -0.355 e.